The van der Waals surface area contributed by atoms with E-state index in [4.69, 9.17) is 5.73 Å². The zero-order valence-electron chi connectivity index (χ0n) is 9.63. The number of rotatable bonds is 2. The van der Waals surface area contributed by atoms with Gasteiger partial charge in [-0.15, -0.1) is 0 Å². The molecule has 0 radical (unpaired) electrons. The Morgan fingerprint density at radius 1 is 1.06 bits per heavy atom. The zero-order valence-corrected chi connectivity index (χ0v) is 9.63. The van der Waals surface area contributed by atoms with Crippen LogP contribution in [0.5, 0.6) is 0 Å². The van der Waals surface area contributed by atoms with Gasteiger partial charge in [0.1, 0.15) is 5.82 Å². The predicted molar refractivity (Wildman–Crippen MR) is 68.5 cm³/mol. The molecule has 2 heterocycles. The first-order valence-corrected chi connectivity index (χ1v) is 5.84. The maximum Gasteiger partial charge on any atom is 0.133 e. The van der Waals surface area contributed by atoms with E-state index in [2.05, 4.69) is 34.1 Å². The largest absolute Gasteiger partial charge is 0.348 e. The van der Waals surface area contributed by atoms with Crippen molar-refractivity contribution in [1.29, 1.82) is 0 Å². The minimum absolute atomic E-state index is 0.538. The summed E-state index contributed by atoms with van der Waals surface area (Å²) < 4.78 is 0. The van der Waals surface area contributed by atoms with Crippen molar-refractivity contribution in [3.05, 3.63) is 59.3 Å². The minimum Gasteiger partial charge on any atom is -0.348 e. The van der Waals surface area contributed by atoms with Crippen LogP contribution in [0.15, 0.2) is 42.6 Å². The number of hydrogen-bond acceptors (Lipinski definition) is 3. The van der Waals surface area contributed by atoms with Crippen LogP contribution in [0.2, 0.25) is 0 Å². The van der Waals surface area contributed by atoms with E-state index < -0.39 is 0 Å². The third-order valence-corrected chi connectivity index (χ3v) is 3.23. The molecule has 3 rings (SSSR count). The average Bonchev–Trinajstić information content (AvgIpc) is 2.82. The van der Waals surface area contributed by atoms with Crippen molar-refractivity contribution in [3.8, 4) is 0 Å². The molecule has 1 aromatic heterocycles. The average molecular weight is 225 g/mol. The smallest absolute Gasteiger partial charge is 0.133 e. The third kappa shape index (κ3) is 1.78. The van der Waals surface area contributed by atoms with Crippen LogP contribution in [0.1, 0.15) is 16.7 Å². The van der Waals surface area contributed by atoms with Gasteiger partial charge in [-0.2, -0.15) is 0 Å². The Balaban J connectivity index is 1.94. The van der Waals surface area contributed by atoms with Gasteiger partial charge < -0.3 is 10.6 Å². The number of aromatic nitrogens is 1. The lowest BCUT2D eigenvalue weighted by atomic mass is 10.1. The normalized spacial score (nSPS) is 13.8. The number of fused-ring (bicyclic) bond motifs is 1. The number of hydrogen-bond donors (Lipinski definition) is 1. The van der Waals surface area contributed by atoms with Crippen LogP contribution in [-0.4, -0.2) is 4.98 Å². The quantitative estimate of drug-likeness (QED) is 0.850. The van der Waals surface area contributed by atoms with Crippen molar-refractivity contribution in [2.24, 2.45) is 5.73 Å². The van der Waals surface area contributed by atoms with Crippen LogP contribution >= 0.6 is 0 Å². The standard InChI is InChI=1S/C14H15N3/c15-8-11-6-3-7-16-14(11)17-9-12-4-1-2-5-13(12)10-17/h1-7H,8-10,15H2. The van der Waals surface area contributed by atoms with Crippen LogP contribution in [-0.2, 0) is 19.6 Å². The summed E-state index contributed by atoms with van der Waals surface area (Å²) in [6.07, 6.45) is 1.83. The molecule has 2 aromatic rings. The Morgan fingerprint density at radius 2 is 1.76 bits per heavy atom. The first-order chi connectivity index (χ1) is 8.38. The molecule has 1 aromatic carbocycles. The molecule has 2 N–H and O–H groups in total. The molecule has 0 atom stereocenters. The van der Waals surface area contributed by atoms with E-state index >= 15 is 0 Å². The van der Waals surface area contributed by atoms with Crippen LogP contribution in [0.4, 0.5) is 5.82 Å². The van der Waals surface area contributed by atoms with Crippen molar-refractivity contribution >= 4 is 5.82 Å². The molecular formula is C14H15N3. The summed E-state index contributed by atoms with van der Waals surface area (Å²) in [5.41, 5.74) is 9.65. The molecule has 17 heavy (non-hydrogen) atoms. The summed E-state index contributed by atoms with van der Waals surface area (Å²) in [4.78, 5) is 6.75. The summed E-state index contributed by atoms with van der Waals surface area (Å²) in [7, 11) is 0. The Morgan fingerprint density at radius 3 is 2.41 bits per heavy atom. The van der Waals surface area contributed by atoms with Gasteiger partial charge in [-0.1, -0.05) is 30.3 Å². The molecule has 1 aliphatic rings. The molecule has 0 spiro atoms. The molecule has 86 valence electrons. The van der Waals surface area contributed by atoms with Crippen molar-refractivity contribution < 1.29 is 0 Å². The number of nitrogens with zero attached hydrogens (tertiary/aromatic N) is 2. The van der Waals surface area contributed by atoms with Gasteiger partial charge in [-0.25, -0.2) is 4.98 Å². The van der Waals surface area contributed by atoms with E-state index in [1.165, 1.54) is 11.1 Å². The second-order valence-corrected chi connectivity index (χ2v) is 4.32. The molecule has 0 amide bonds. The predicted octanol–water partition coefficient (Wildman–Crippen LogP) is 2.06. The fourth-order valence-electron chi connectivity index (χ4n) is 2.36. The van der Waals surface area contributed by atoms with Crippen molar-refractivity contribution in [3.63, 3.8) is 0 Å². The summed E-state index contributed by atoms with van der Waals surface area (Å²) in [6, 6.07) is 12.5. The van der Waals surface area contributed by atoms with Gasteiger partial charge in [0.05, 0.1) is 0 Å². The van der Waals surface area contributed by atoms with Crippen molar-refractivity contribution in [2.45, 2.75) is 19.6 Å². The summed E-state index contributed by atoms with van der Waals surface area (Å²) in [6.45, 7) is 2.40. The Bertz CT molecular complexity index is 511. The van der Waals surface area contributed by atoms with Crippen molar-refractivity contribution in [2.75, 3.05) is 4.90 Å². The summed E-state index contributed by atoms with van der Waals surface area (Å²) in [5, 5.41) is 0. The first-order valence-electron chi connectivity index (χ1n) is 5.84. The Hall–Kier alpha value is -1.87. The van der Waals surface area contributed by atoms with Crippen LogP contribution in [0, 0.1) is 0 Å². The van der Waals surface area contributed by atoms with E-state index in [1.54, 1.807) is 0 Å². The van der Waals surface area contributed by atoms with Crippen molar-refractivity contribution in [1.82, 2.24) is 4.98 Å². The van der Waals surface area contributed by atoms with Gasteiger partial charge in [0.15, 0.2) is 0 Å². The fourth-order valence-corrected chi connectivity index (χ4v) is 2.36. The maximum absolute atomic E-state index is 5.76. The van der Waals surface area contributed by atoms with E-state index in [0.717, 1.165) is 24.5 Å². The molecule has 3 heteroatoms. The van der Waals surface area contributed by atoms with Gasteiger partial charge in [-0.3, -0.25) is 0 Å². The van der Waals surface area contributed by atoms with Gasteiger partial charge in [0.2, 0.25) is 0 Å². The SMILES string of the molecule is NCc1cccnc1N1Cc2ccccc2C1. The van der Waals surface area contributed by atoms with Crippen LogP contribution in [0.3, 0.4) is 0 Å². The van der Waals surface area contributed by atoms with Crippen LogP contribution < -0.4 is 10.6 Å². The number of anilines is 1. The zero-order chi connectivity index (χ0) is 11.7. The molecule has 0 fully saturated rings. The second kappa shape index (κ2) is 4.18. The maximum atomic E-state index is 5.76. The lowest BCUT2D eigenvalue weighted by molar-refractivity contribution is 0.839. The number of nitrogens with two attached hydrogens (primary N) is 1. The lowest BCUT2D eigenvalue weighted by Gasteiger charge is -2.19. The molecule has 0 saturated heterocycles. The number of pyridine rings is 1. The van der Waals surface area contributed by atoms with E-state index in [1.807, 2.05) is 18.3 Å². The van der Waals surface area contributed by atoms with E-state index in [-0.39, 0.29) is 0 Å². The highest BCUT2D eigenvalue weighted by molar-refractivity contribution is 5.51. The topological polar surface area (TPSA) is 42.1 Å². The van der Waals surface area contributed by atoms with Crippen LogP contribution in [0.25, 0.3) is 0 Å². The molecule has 0 saturated carbocycles. The highest BCUT2D eigenvalue weighted by Gasteiger charge is 2.20. The number of benzene rings is 1. The van der Waals surface area contributed by atoms with E-state index in [0.29, 0.717) is 6.54 Å². The molecule has 0 unspecified atom stereocenters. The monoisotopic (exact) mass is 225 g/mol. The lowest BCUT2D eigenvalue weighted by Crippen LogP contribution is -2.18. The molecule has 0 aliphatic carbocycles. The highest BCUT2D eigenvalue weighted by atomic mass is 15.2. The third-order valence-electron chi connectivity index (χ3n) is 3.23. The molecule has 1 aliphatic heterocycles. The molecular weight excluding hydrogens is 210 g/mol. The van der Waals surface area contributed by atoms with Gasteiger partial charge in [0, 0.05) is 31.4 Å². The Labute approximate surface area is 101 Å². The minimum atomic E-state index is 0.538. The highest BCUT2D eigenvalue weighted by Crippen LogP contribution is 2.28. The summed E-state index contributed by atoms with van der Waals surface area (Å²) >= 11 is 0. The Kier molecular flexibility index (Phi) is 2.53. The molecule has 3 nitrogen and oxygen atoms in total. The molecule has 0 bridgehead atoms. The summed E-state index contributed by atoms with van der Waals surface area (Å²) in [5.74, 6) is 1.02. The van der Waals surface area contributed by atoms with Gasteiger partial charge >= 0.3 is 0 Å². The second-order valence-electron chi connectivity index (χ2n) is 4.32. The van der Waals surface area contributed by atoms with E-state index in [9.17, 15) is 0 Å². The van der Waals surface area contributed by atoms with Gasteiger partial charge in [-0.05, 0) is 17.2 Å². The first kappa shape index (κ1) is 10.3. The van der Waals surface area contributed by atoms with Gasteiger partial charge in [0.25, 0.3) is 0 Å². The fraction of sp³-hybridized carbons (Fsp3) is 0.214.